The van der Waals surface area contributed by atoms with Crippen LogP contribution in [0.5, 0.6) is 0 Å². The average molecular weight is 481 g/mol. The van der Waals surface area contributed by atoms with Crippen LogP contribution >= 0.6 is 22.9 Å². The van der Waals surface area contributed by atoms with Crippen LogP contribution in [0.3, 0.4) is 0 Å². The summed E-state index contributed by atoms with van der Waals surface area (Å²) in [6.07, 6.45) is -4.78. The van der Waals surface area contributed by atoms with E-state index >= 15 is 0 Å². The van der Waals surface area contributed by atoms with E-state index in [2.05, 4.69) is 25.4 Å². The van der Waals surface area contributed by atoms with Gasteiger partial charge in [0.15, 0.2) is 5.13 Å². The molecule has 0 saturated carbocycles. The fraction of sp³-hybridized carbons (Fsp3) is 0.250. The Morgan fingerprint density at radius 3 is 2.47 bits per heavy atom. The molecule has 0 atom stereocenters. The van der Waals surface area contributed by atoms with Crippen LogP contribution in [0.25, 0.3) is 17.0 Å². The van der Waals surface area contributed by atoms with Crippen molar-refractivity contribution in [3.8, 4) is 11.3 Å². The van der Waals surface area contributed by atoms with Gasteiger partial charge in [-0.1, -0.05) is 23.7 Å². The van der Waals surface area contributed by atoms with Gasteiger partial charge in [0, 0.05) is 32.4 Å². The lowest BCUT2D eigenvalue weighted by Gasteiger charge is -2.09. The van der Waals surface area contributed by atoms with E-state index in [9.17, 15) is 18.0 Å². The molecule has 0 bridgehead atoms. The van der Waals surface area contributed by atoms with E-state index in [0.29, 0.717) is 27.1 Å². The largest absolute Gasteiger partial charge is 0.453 e. The molecular formula is C20H16ClF3N6OS. The van der Waals surface area contributed by atoms with E-state index in [1.54, 1.807) is 26.0 Å². The topological polar surface area (TPSA) is 85.1 Å². The summed E-state index contributed by atoms with van der Waals surface area (Å²) >= 11 is 7.25. The van der Waals surface area contributed by atoms with Gasteiger partial charge in [-0.25, -0.2) is 14.5 Å². The molecule has 3 heterocycles. The molecule has 0 spiro atoms. The number of hydrogen-bond acceptors (Lipinski definition) is 6. The highest BCUT2D eigenvalue weighted by molar-refractivity contribution is 7.16. The monoisotopic (exact) mass is 480 g/mol. The second-order valence-corrected chi connectivity index (χ2v) is 8.70. The minimum atomic E-state index is -4.68. The molecule has 1 N–H and O–H groups in total. The SMILES string of the molecule is Cc1nc2nc(C(F)(F)F)nn2c(C)c1CC(=O)Nc1nc(-c2ccc(Cl)cc2)c(C)s1. The molecule has 1 aromatic carbocycles. The summed E-state index contributed by atoms with van der Waals surface area (Å²) in [4.78, 5) is 25.6. The second-order valence-electron chi connectivity index (χ2n) is 7.06. The van der Waals surface area contributed by atoms with Crippen LogP contribution in [0.2, 0.25) is 5.02 Å². The molecule has 12 heteroatoms. The fourth-order valence-corrected chi connectivity index (χ4v) is 4.21. The van der Waals surface area contributed by atoms with Crippen LogP contribution in [0, 0.1) is 20.8 Å². The maximum atomic E-state index is 12.9. The standard InChI is InChI=1S/C20H16ClF3N6OS/c1-9-14(10(2)30-18(25-9)28-17(29-30)20(22,23)24)8-15(31)26-19-27-16(11(3)32-19)12-4-6-13(21)7-5-12/h4-7H,8H2,1-3H3,(H,26,27,31). The van der Waals surface area contributed by atoms with E-state index in [-0.39, 0.29) is 18.1 Å². The van der Waals surface area contributed by atoms with Crippen LogP contribution in [-0.2, 0) is 17.4 Å². The first-order chi connectivity index (χ1) is 15.0. The molecule has 166 valence electrons. The van der Waals surface area contributed by atoms with Crippen molar-refractivity contribution < 1.29 is 18.0 Å². The average Bonchev–Trinajstić information content (AvgIpc) is 3.29. The number of nitrogens with one attached hydrogen (secondary N) is 1. The third kappa shape index (κ3) is 4.30. The van der Waals surface area contributed by atoms with Gasteiger partial charge in [0.1, 0.15) is 0 Å². The van der Waals surface area contributed by atoms with E-state index < -0.39 is 12.0 Å². The van der Waals surface area contributed by atoms with Gasteiger partial charge in [0.2, 0.25) is 5.91 Å². The van der Waals surface area contributed by atoms with Crippen molar-refractivity contribution in [1.29, 1.82) is 0 Å². The number of thiazole rings is 1. The van der Waals surface area contributed by atoms with Crippen molar-refractivity contribution >= 4 is 39.8 Å². The predicted molar refractivity (Wildman–Crippen MR) is 115 cm³/mol. The van der Waals surface area contributed by atoms with E-state index in [0.717, 1.165) is 20.6 Å². The lowest BCUT2D eigenvalue weighted by atomic mass is 10.1. The highest BCUT2D eigenvalue weighted by atomic mass is 35.5. The van der Waals surface area contributed by atoms with E-state index in [4.69, 9.17) is 11.6 Å². The molecule has 1 amide bonds. The van der Waals surface area contributed by atoms with Gasteiger partial charge < -0.3 is 5.32 Å². The number of rotatable bonds is 4. The third-order valence-corrected chi connectivity index (χ3v) is 5.94. The first-order valence-corrected chi connectivity index (χ1v) is 10.6. The molecule has 7 nitrogen and oxygen atoms in total. The number of hydrogen-bond donors (Lipinski definition) is 1. The summed E-state index contributed by atoms with van der Waals surface area (Å²) < 4.78 is 39.8. The minimum absolute atomic E-state index is 0.100. The molecule has 4 rings (SSSR count). The zero-order valence-corrected chi connectivity index (χ0v) is 18.7. The summed E-state index contributed by atoms with van der Waals surface area (Å²) in [6.45, 7) is 5.08. The Kier molecular flexibility index (Phi) is 5.63. The maximum absolute atomic E-state index is 12.9. The van der Waals surface area contributed by atoms with Crippen molar-refractivity contribution in [1.82, 2.24) is 24.6 Å². The zero-order chi connectivity index (χ0) is 23.2. The van der Waals surface area contributed by atoms with Crippen molar-refractivity contribution in [2.24, 2.45) is 0 Å². The molecule has 32 heavy (non-hydrogen) atoms. The molecule has 0 fully saturated rings. The number of carbonyl (C=O) groups is 1. The van der Waals surface area contributed by atoms with Crippen molar-refractivity contribution in [2.75, 3.05) is 5.32 Å². The van der Waals surface area contributed by atoms with Crippen molar-refractivity contribution in [3.05, 3.63) is 56.9 Å². The molecular weight excluding hydrogens is 465 g/mol. The lowest BCUT2D eigenvalue weighted by molar-refractivity contribution is -0.144. The van der Waals surface area contributed by atoms with Gasteiger partial charge in [0.05, 0.1) is 12.1 Å². The summed E-state index contributed by atoms with van der Waals surface area (Å²) in [5, 5.41) is 7.28. The quantitative estimate of drug-likeness (QED) is 0.443. The molecule has 0 saturated heterocycles. The number of fused-ring (bicyclic) bond motifs is 1. The Hall–Kier alpha value is -3.05. The number of amides is 1. The summed E-state index contributed by atoms with van der Waals surface area (Å²) in [5.74, 6) is -1.81. The number of carbonyl (C=O) groups excluding carboxylic acids is 1. The van der Waals surface area contributed by atoms with Gasteiger partial charge in [-0.15, -0.1) is 16.4 Å². The van der Waals surface area contributed by atoms with E-state index in [1.165, 1.54) is 11.3 Å². The predicted octanol–water partition coefficient (Wildman–Crippen LogP) is 5.03. The highest BCUT2D eigenvalue weighted by Crippen LogP contribution is 2.31. The van der Waals surface area contributed by atoms with Gasteiger partial charge in [-0.05, 0) is 32.9 Å². The summed E-state index contributed by atoms with van der Waals surface area (Å²) in [5.41, 5.74) is 2.85. The van der Waals surface area contributed by atoms with E-state index in [1.807, 2.05) is 19.1 Å². The summed E-state index contributed by atoms with van der Waals surface area (Å²) in [7, 11) is 0. The first kappa shape index (κ1) is 22.2. The number of nitrogens with zero attached hydrogens (tertiary/aromatic N) is 5. The summed E-state index contributed by atoms with van der Waals surface area (Å²) in [6, 6.07) is 7.21. The molecule has 3 aromatic heterocycles. The Balaban J connectivity index is 1.57. The minimum Gasteiger partial charge on any atom is -0.302 e. The van der Waals surface area contributed by atoms with Crippen molar-refractivity contribution in [2.45, 2.75) is 33.4 Å². The molecule has 0 aliphatic carbocycles. The zero-order valence-electron chi connectivity index (χ0n) is 17.1. The second kappa shape index (κ2) is 8.14. The smallest absolute Gasteiger partial charge is 0.302 e. The van der Waals surface area contributed by atoms with Gasteiger partial charge >= 0.3 is 6.18 Å². The van der Waals surface area contributed by atoms with Gasteiger partial charge in [-0.3, -0.25) is 4.79 Å². The van der Waals surface area contributed by atoms with Gasteiger partial charge in [-0.2, -0.15) is 18.2 Å². The number of aromatic nitrogens is 5. The molecule has 4 aromatic rings. The van der Waals surface area contributed by atoms with Crippen LogP contribution in [0.15, 0.2) is 24.3 Å². The highest BCUT2D eigenvalue weighted by Gasteiger charge is 2.37. The number of benzene rings is 1. The number of aryl methyl sites for hydroxylation is 3. The number of halogens is 4. The molecule has 0 aliphatic rings. The molecule has 0 unspecified atom stereocenters. The first-order valence-electron chi connectivity index (χ1n) is 9.36. The lowest BCUT2D eigenvalue weighted by Crippen LogP contribution is -2.17. The normalized spacial score (nSPS) is 11.8. The van der Waals surface area contributed by atoms with Crippen LogP contribution in [-0.4, -0.2) is 30.5 Å². The number of alkyl halides is 3. The van der Waals surface area contributed by atoms with Gasteiger partial charge in [0.25, 0.3) is 11.6 Å². The van der Waals surface area contributed by atoms with Crippen molar-refractivity contribution in [3.63, 3.8) is 0 Å². The third-order valence-electron chi connectivity index (χ3n) is 4.80. The molecule has 0 aliphatic heterocycles. The fourth-order valence-electron chi connectivity index (χ4n) is 3.23. The Morgan fingerprint density at radius 1 is 1.12 bits per heavy atom. The Morgan fingerprint density at radius 2 is 1.81 bits per heavy atom. The number of anilines is 1. The van der Waals surface area contributed by atoms with Crippen LogP contribution < -0.4 is 5.32 Å². The maximum Gasteiger partial charge on any atom is 0.453 e. The van der Waals surface area contributed by atoms with Crippen LogP contribution in [0.1, 0.15) is 27.7 Å². The Bertz CT molecular complexity index is 1330. The van der Waals surface area contributed by atoms with Crippen LogP contribution in [0.4, 0.5) is 18.3 Å². The Labute approximate surface area is 189 Å². The molecule has 0 radical (unpaired) electrons.